The lowest BCUT2D eigenvalue weighted by Gasteiger charge is -2.27. The molecule has 1 rings (SSSR count). The first-order valence-corrected chi connectivity index (χ1v) is 8.02. The molecule has 2 N–H and O–H groups in total. The third-order valence-corrected chi connectivity index (χ3v) is 4.12. The second-order valence-electron chi connectivity index (χ2n) is 6.44. The van der Waals surface area contributed by atoms with Crippen LogP contribution in [0.1, 0.15) is 46.6 Å². The molecular formula is C18H31NO2. The SMILES string of the molecule is CCNC(C)CCc1ccc(OCC(C)(O)C(C)C)cc1. The molecule has 0 bridgehead atoms. The van der Waals surface area contributed by atoms with Crippen molar-refractivity contribution in [3.63, 3.8) is 0 Å². The predicted octanol–water partition coefficient (Wildman–Crippen LogP) is 3.40. The summed E-state index contributed by atoms with van der Waals surface area (Å²) in [6, 6.07) is 8.75. The van der Waals surface area contributed by atoms with Gasteiger partial charge < -0.3 is 15.2 Å². The summed E-state index contributed by atoms with van der Waals surface area (Å²) in [6.07, 6.45) is 2.20. The Morgan fingerprint density at radius 1 is 1.19 bits per heavy atom. The average molecular weight is 293 g/mol. The molecule has 3 heteroatoms. The van der Waals surface area contributed by atoms with Crippen molar-refractivity contribution >= 4 is 0 Å². The molecule has 0 heterocycles. The van der Waals surface area contributed by atoms with Gasteiger partial charge in [0.25, 0.3) is 0 Å². The standard InChI is InChI=1S/C18H31NO2/c1-6-19-15(4)7-8-16-9-11-17(12-10-16)21-13-18(5,20)14(2)3/h9-12,14-15,19-20H,6-8,13H2,1-5H3. The van der Waals surface area contributed by atoms with Crippen molar-refractivity contribution in [2.75, 3.05) is 13.2 Å². The van der Waals surface area contributed by atoms with Crippen LogP contribution in [0.15, 0.2) is 24.3 Å². The fourth-order valence-electron chi connectivity index (χ4n) is 1.98. The Hall–Kier alpha value is -1.06. The van der Waals surface area contributed by atoms with Crippen LogP contribution in [0.5, 0.6) is 5.75 Å². The highest BCUT2D eigenvalue weighted by molar-refractivity contribution is 5.27. The molecule has 2 atom stereocenters. The van der Waals surface area contributed by atoms with Crippen LogP contribution in [0.2, 0.25) is 0 Å². The van der Waals surface area contributed by atoms with Gasteiger partial charge in [-0.05, 0) is 56.8 Å². The van der Waals surface area contributed by atoms with Crippen molar-refractivity contribution < 1.29 is 9.84 Å². The molecule has 120 valence electrons. The van der Waals surface area contributed by atoms with Crippen LogP contribution in [-0.2, 0) is 6.42 Å². The molecule has 0 aliphatic carbocycles. The Kier molecular flexibility index (Phi) is 7.20. The van der Waals surface area contributed by atoms with E-state index < -0.39 is 5.60 Å². The normalized spacial score (nSPS) is 15.8. The highest BCUT2D eigenvalue weighted by Crippen LogP contribution is 2.20. The van der Waals surface area contributed by atoms with E-state index in [2.05, 4.69) is 31.3 Å². The summed E-state index contributed by atoms with van der Waals surface area (Å²) in [5, 5.41) is 13.6. The first-order valence-electron chi connectivity index (χ1n) is 8.02. The van der Waals surface area contributed by atoms with Crippen LogP contribution in [-0.4, -0.2) is 29.9 Å². The summed E-state index contributed by atoms with van der Waals surface area (Å²) in [7, 11) is 0. The van der Waals surface area contributed by atoms with Gasteiger partial charge in [-0.1, -0.05) is 32.9 Å². The summed E-state index contributed by atoms with van der Waals surface area (Å²) in [6.45, 7) is 11.5. The van der Waals surface area contributed by atoms with E-state index in [4.69, 9.17) is 4.74 Å². The maximum Gasteiger partial charge on any atom is 0.119 e. The van der Waals surface area contributed by atoms with E-state index >= 15 is 0 Å². The smallest absolute Gasteiger partial charge is 0.119 e. The third-order valence-electron chi connectivity index (χ3n) is 4.12. The molecular weight excluding hydrogens is 262 g/mol. The third kappa shape index (κ3) is 6.49. The average Bonchev–Trinajstić information content (AvgIpc) is 2.44. The number of rotatable bonds is 9. The van der Waals surface area contributed by atoms with Gasteiger partial charge >= 0.3 is 0 Å². The first kappa shape index (κ1) is 18.0. The molecule has 0 amide bonds. The Morgan fingerprint density at radius 2 is 1.81 bits per heavy atom. The lowest BCUT2D eigenvalue weighted by molar-refractivity contribution is -0.0266. The van der Waals surface area contributed by atoms with E-state index in [1.807, 2.05) is 32.9 Å². The van der Waals surface area contributed by atoms with Gasteiger partial charge in [0.2, 0.25) is 0 Å². The van der Waals surface area contributed by atoms with Crippen molar-refractivity contribution in [2.24, 2.45) is 5.92 Å². The number of benzene rings is 1. The molecule has 0 saturated carbocycles. The van der Waals surface area contributed by atoms with Gasteiger partial charge in [-0.25, -0.2) is 0 Å². The number of nitrogens with one attached hydrogen (secondary N) is 1. The minimum absolute atomic E-state index is 0.171. The Bertz CT molecular complexity index is 398. The van der Waals surface area contributed by atoms with Crippen LogP contribution in [0, 0.1) is 5.92 Å². The largest absolute Gasteiger partial charge is 0.491 e. The summed E-state index contributed by atoms with van der Waals surface area (Å²) in [5.41, 5.74) is 0.530. The number of ether oxygens (including phenoxy) is 1. The molecule has 0 fully saturated rings. The number of hydrogen-bond donors (Lipinski definition) is 2. The maximum atomic E-state index is 10.2. The van der Waals surface area contributed by atoms with Crippen molar-refractivity contribution in [3.8, 4) is 5.75 Å². The summed E-state index contributed by atoms with van der Waals surface area (Å²) in [4.78, 5) is 0. The zero-order valence-corrected chi connectivity index (χ0v) is 14.1. The molecule has 21 heavy (non-hydrogen) atoms. The van der Waals surface area contributed by atoms with Crippen molar-refractivity contribution in [1.82, 2.24) is 5.32 Å². The van der Waals surface area contributed by atoms with E-state index in [1.165, 1.54) is 5.56 Å². The number of aliphatic hydroxyl groups is 1. The van der Waals surface area contributed by atoms with Gasteiger partial charge in [-0.15, -0.1) is 0 Å². The monoisotopic (exact) mass is 293 g/mol. The molecule has 3 nitrogen and oxygen atoms in total. The van der Waals surface area contributed by atoms with Gasteiger partial charge in [-0.3, -0.25) is 0 Å². The Labute approximate surface area is 129 Å². The molecule has 0 aliphatic rings. The molecule has 0 aliphatic heterocycles. The summed E-state index contributed by atoms with van der Waals surface area (Å²) >= 11 is 0. The molecule has 1 aromatic rings. The van der Waals surface area contributed by atoms with Gasteiger partial charge in [0.1, 0.15) is 12.4 Å². The molecule has 0 aromatic heterocycles. The van der Waals surface area contributed by atoms with Gasteiger partial charge in [0, 0.05) is 6.04 Å². The predicted molar refractivity (Wildman–Crippen MR) is 88.9 cm³/mol. The van der Waals surface area contributed by atoms with Crippen LogP contribution in [0.3, 0.4) is 0 Å². The minimum Gasteiger partial charge on any atom is -0.491 e. The second-order valence-corrected chi connectivity index (χ2v) is 6.44. The molecule has 1 aromatic carbocycles. The molecule has 0 saturated heterocycles. The van der Waals surface area contributed by atoms with Crippen LogP contribution in [0.25, 0.3) is 0 Å². The second kappa shape index (κ2) is 8.40. The Balaban J connectivity index is 2.43. The van der Waals surface area contributed by atoms with E-state index in [0.717, 1.165) is 25.1 Å². The van der Waals surface area contributed by atoms with Crippen molar-refractivity contribution in [3.05, 3.63) is 29.8 Å². The van der Waals surface area contributed by atoms with Gasteiger partial charge in [0.05, 0.1) is 5.60 Å². The van der Waals surface area contributed by atoms with E-state index in [1.54, 1.807) is 0 Å². The van der Waals surface area contributed by atoms with Crippen molar-refractivity contribution in [2.45, 2.75) is 59.1 Å². The van der Waals surface area contributed by atoms with Crippen LogP contribution in [0.4, 0.5) is 0 Å². The highest BCUT2D eigenvalue weighted by atomic mass is 16.5. The lowest BCUT2D eigenvalue weighted by atomic mass is 9.94. The fraction of sp³-hybridized carbons (Fsp3) is 0.667. The zero-order chi connectivity index (χ0) is 15.9. The van der Waals surface area contributed by atoms with Gasteiger partial charge in [-0.2, -0.15) is 0 Å². The highest BCUT2D eigenvalue weighted by Gasteiger charge is 2.25. The number of hydrogen-bond acceptors (Lipinski definition) is 3. The van der Waals surface area contributed by atoms with E-state index in [0.29, 0.717) is 12.6 Å². The lowest BCUT2D eigenvalue weighted by Crippen LogP contribution is -2.37. The van der Waals surface area contributed by atoms with Crippen LogP contribution >= 0.6 is 0 Å². The quantitative estimate of drug-likeness (QED) is 0.733. The van der Waals surface area contributed by atoms with E-state index in [9.17, 15) is 5.11 Å². The minimum atomic E-state index is -0.792. The zero-order valence-electron chi connectivity index (χ0n) is 14.1. The van der Waals surface area contributed by atoms with E-state index in [-0.39, 0.29) is 5.92 Å². The molecule has 2 unspecified atom stereocenters. The van der Waals surface area contributed by atoms with Crippen molar-refractivity contribution in [1.29, 1.82) is 0 Å². The maximum absolute atomic E-state index is 10.2. The summed E-state index contributed by atoms with van der Waals surface area (Å²) in [5.74, 6) is 0.990. The van der Waals surface area contributed by atoms with Crippen LogP contribution < -0.4 is 10.1 Å². The fourth-order valence-corrected chi connectivity index (χ4v) is 1.98. The topological polar surface area (TPSA) is 41.5 Å². The van der Waals surface area contributed by atoms with Gasteiger partial charge in [0.15, 0.2) is 0 Å². The number of aryl methyl sites for hydroxylation is 1. The molecule has 0 radical (unpaired) electrons. The first-order chi connectivity index (χ1) is 9.85. The molecule has 0 spiro atoms. The summed E-state index contributed by atoms with van der Waals surface area (Å²) < 4.78 is 5.69. The Morgan fingerprint density at radius 3 is 2.33 bits per heavy atom.